The summed E-state index contributed by atoms with van der Waals surface area (Å²) in [5, 5.41) is 13.7. The van der Waals surface area contributed by atoms with Crippen molar-refractivity contribution in [1.29, 1.82) is 0 Å². The number of rotatable bonds is 3. The van der Waals surface area contributed by atoms with Gasteiger partial charge in [-0.15, -0.1) is 0 Å². The first kappa shape index (κ1) is 13.3. The van der Waals surface area contributed by atoms with Gasteiger partial charge in [0.05, 0.1) is 23.2 Å². The summed E-state index contributed by atoms with van der Waals surface area (Å²) in [5.74, 6) is 1.50. The number of hydrogen-bond donors (Lipinski definition) is 2. The van der Waals surface area contributed by atoms with Gasteiger partial charge in [-0.25, -0.2) is 4.98 Å². The molecule has 1 saturated carbocycles. The number of aryl methyl sites for hydroxylation is 2. The highest BCUT2D eigenvalue weighted by molar-refractivity contribution is 5.33. The molecule has 2 N–H and O–H groups in total. The maximum atomic E-state index is 10.5. The molecular weight excluding hydrogens is 226 g/mol. The van der Waals surface area contributed by atoms with E-state index in [1.807, 2.05) is 13.8 Å². The fourth-order valence-electron chi connectivity index (χ4n) is 2.36. The molecule has 0 unspecified atom stereocenters. The zero-order chi connectivity index (χ0) is 13.2. The van der Waals surface area contributed by atoms with Crippen molar-refractivity contribution >= 4 is 5.82 Å². The minimum atomic E-state index is -0.576. The molecule has 0 aliphatic heterocycles. The van der Waals surface area contributed by atoms with Gasteiger partial charge in [-0.05, 0) is 45.4 Å². The standard InChI is InChI=1S/C14H23N3O/c1-10-4-6-14(18,7-5-10)9-16-13-8-15-11(2)12(3)17-13/h8,10,18H,4-7,9H2,1-3H3,(H,16,17). The van der Waals surface area contributed by atoms with Gasteiger partial charge in [0.15, 0.2) is 0 Å². The van der Waals surface area contributed by atoms with E-state index in [9.17, 15) is 5.11 Å². The lowest BCUT2D eigenvalue weighted by atomic mass is 9.79. The Kier molecular flexibility index (Phi) is 3.85. The molecule has 1 aliphatic carbocycles. The van der Waals surface area contributed by atoms with E-state index >= 15 is 0 Å². The Morgan fingerprint density at radius 1 is 1.33 bits per heavy atom. The minimum Gasteiger partial charge on any atom is -0.388 e. The molecule has 1 fully saturated rings. The van der Waals surface area contributed by atoms with Crippen molar-refractivity contribution in [3.05, 3.63) is 17.6 Å². The fraction of sp³-hybridized carbons (Fsp3) is 0.714. The van der Waals surface area contributed by atoms with Gasteiger partial charge in [0, 0.05) is 6.54 Å². The Morgan fingerprint density at radius 3 is 2.61 bits per heavy atom. The van der Waals surface area contributed by atoms with Crippen molar-refractivity contribution in [3.63, 3.8) is 0 Å². The summed E-state index contributed by atoms with van der Waals surface area (Å²) in [6, 6.07) is 0. The molecule has 0 bridgehead atoms. The Morgan fingerprint density at radius 2 is 2.00 bits per heavy atom. The number of nitrogens with one attached hydrogen (secondary N) is 1. The van der Waals surface area contributed by atoms with E-state index in [4.69, 9.17) is 0 Å². The smallest absolute Gasteiger partial charge is 0.144 e. The van der Waals surface area contributed by atoms with Crippen molar-refractivity contribution < 1.29 is 5.11 Å². The van der Waals surface area contributed by atoms with Crippen LogP contribution in [-0.2, 0) is 0 Å². The summed E-state index contributed by atoms with van der Waals surface area (Å²) in [5.41, 5.74) is 1.31. The van der Waals surface area contributed by atoms with Crippen LogP contribution >= 0.6 is 0 Å². The normalized spacial score (nSPS) is 28.1. The van der Waals surface area contributed by atoms with Gasteiger partial charge in [0.2, 0.25) is 0 Å². The number of anilines is 1. The van der Waals surface area contributed by atoms with Gasteiger partial charge in [0.1, 0.15) is 5.82 Å². The molecule has 4 heteroatoms. The second kappa shape index (κ2) is 5.22. The van der Waals surface area contributed by atoms with E-state index in [1.54, 1.807) is 6.20 Å². The van der Waals surface area contributed by atoms with Crippen LogP contribution in [0.3, 0.4) is 0 Å². The lowest BCUT2D eigenvalue weighted by Gasteiger charge is -2.35. The predicted molar refractivity (Wildman–Crippen MR) is 72.6 cm³/mol. The van der Waals surface area contributed by atoms with Crippen LogP contribution in [-0.4, -0.2) is 27.2 Å². The molecule has 1 heterocycles. The summed E-state index contributed by atoms with van der Waals surface area (Å²) in [6.07, 6.45) is 5.70. The average Bonchev–Trinajstić information content (AvgIpc) is 2.35. The monoisotopic (exact) mass is 249 g/mol. The van der Waals surface area contributed by atoms with E-state index in [2.05, 4.69) is 22.2 Å². The molecule has 1 aromatic heterocycles. The Balaban J connectivity index is 1.92. The van der Waals surface area contributed by atoms with E-state index in [-0.39, 0.29) is 0 Å². The van der Waals surface area contributed by atoms with Crippen LogP contribution in [0.25, 0.3) is 0 Å². The molecule has 1 aliphatic rings. The van der Waals surface area contributed by atoms with Crippen LogP contribution in [0.1, 0.15) is 44.0 Å². The third kappa shape index (κ3) is 3.19. The molecule has 2 rings (SSSR count). The summed E-state index contributed by atoms with van der Waals surface area (Å²) in [4.78, 5) is 8.69. The van der Waals surface area contributed by atoms with Crippen LogP contribution in [0.5, 0.6) is 0 Å². The van der Waals surface area contributed by atoms with Crippen LogP contribution in [0, 0.1) is 19.8 Å². The topological polar surface area (TPSA) is 58.0 Å². The Bertz CT molecular complexity index is 412. The van der Waals surface area contributed by atoms with Crippen LogP contribution in [0.2, 0.25) is 0 Å². The zero-order valence-corrected chi connectivity index (χ0v) is 11.5. The zero-order valence-electron chi connectivity index (χ0n) is 11.5. The second-order valence-electron chi connectivity index (χ2n) is 5.69. The van der Waals surface area contributed by atoms with Crippen molar-refractivity contribution in [2.75, 3.05) is 11.9 Å². The van der Waals surface area contributed by atoms with E-state index < -0.39 is 5.60 Å². The number of aliphatic hydroxyl groups is 1. The first-order chi connectivity index (χ1) is 8.48. The van der Waals surface area contributed by atoms with Crippen molar-refractivity contribution in [2.45, 2.75) is 52.1 Å². The van der Waals surface area contributed by atoms with Gasteiger partial charge in [-0.1, -0.05) is 6.92 Å². The second-order valence-corrected chi connectivity index (χ2v) is 5.69. The lowest BCUT2D eigenvalue weighted by Crippen LogP contribution is -2.40. The summed E-state index contributed by atoms with van der Waals surface area (Å²) >= 11 is 0. The summed E-state index contributed by atoms with van der Waals surface area (Å²) < 4.78 is 0. The molecule has 18 heavy (non-hydrogen) atoms. The highest BCUT2D eigenvalue weighted by Gasteiger charge is 2.31. The third-order valence-corrected chi connectivity index (χ3v) is 4.00. The van der Waals surface area contributed by atoms with Gasteiger partial charge >= 0.3 is 0 Å². The van der Waals surface area contributed by atoms with Crippen molar-refractivity contribution in [1.82, 2.24) is 9.97 Å². The number of hydrogen-bond acceptors (Lipinski definition) is 4. The number of aromatic nitrogens is 2. The molecule has 0 amide bonds. The predicted octanol–water partition coefficient (Wildman–Crippen LogP) is 2.45. The van der Waals surface area contributed by atoms with Crippen molar-refractivity contribution in [3.8, 4) is 0 Å². The molecule has 0 spiro atoms. The average molecular weight is 249 g/mol. The van der Waals surface area contributed by atoms with Crippen LogP contribution < -0.4 is 5.32 Å². The van der Waals surface area contributed by atoms with Gasteiger partial charge in [-0.2, -0.15) is 0 Å². The van der Waals surface area contributed by atoms with E-state index in [0.29, 0.717) is 6.54 Å². The summed E-state index contributed by atoms with van der Waals surface area (Å²) in [6.45, 7) is 6.71. The van der Waals surface area contributed by atoms with Gasteiger partial charge in [0.25, 0.3) is 0 Å². The largest absolute Gasteiger partial charge is 0.388 e. The molecule has 1 aromatic rings. The van der Waals surface area contributed by atoms with Crippen LogP contribution in [0.15, 0.2) is 6.20 Å². The molecule has 0 radical (unpaired) electrons. The van der Waals surface area contributed by atoms with Gasteiger partial charge in [-0.3, -0.25) is 4.98 Å². The fourth-order valence-corrected chi connectivity index (χ4v) is 2.36. The first-order valence-corrected chi connectivity index (χ1v) is 6.75. The lowest BCUT2D eigenvalue weighted by molar-refractivity contribution is 0.00494. The maximum Gasteiger partial charge on any atom is 0.144 e. The number of nitrogens with zero attached hydrogens (tertiary/aromatic N) is 2. The third-order valence-electron chi connectivity index (χ3n) is 4.00. The molecule has 0 aromatic carbocycles. The highest BCUT2D eigenvalue weighted by Crippen LogP contribution is 2.31. The molecule has 100 valence electrons. The Hall–Kier alpha value is -1.16. The molecule has 0 saturated heterocycles. The quantitative estimate of drug-likeness (QED) is 0.864. The minimum absolute atomic E-state index is 0.566. The highest BCUT2D eigenvalue weighted by atomic mass is 16.3. The SMILES string of the molecule is Cc1ncc(NCC2(O)CCC(C)CC2)nc1C. The molecule has 0 atom stereocenters. The van der Waals surface area contributed by atoms with E-state index in [1.165, 1.54) is 0 Å². The van der Waals surface area contributed by atoms with Crippen molar-refractivity contribution in [2.24, 2.45) is 5.92 Å². The van der Waals surface area contributed by atoms with Gasteiger partial charge < -0.3 is 10.4 Å². The molecule has 4 nitrogen and oxygen atoms in total. The maximum absolute atomic E-state index is 10.5. The Labute approximate surface area is 109 Å². The summed E-state index contributed by atoms with van der Waals surface area (Å²) in [7, 11) is 0. The molecular formula is C14H23N3O. The van der Waals surface area contributed by atoms with E-state index in [0.717, 1.165) is 48.8 Å². The first-order valence-electron chi connectivity index (χ1n) is 6.75. The van der Waals surface area contributed by atoms with Crippen LogP contribution in [0.4, 0.5) is 5.82 Å².